The number of methoxy groups -OCH3 is 1. The zero-order valence-corrected chi connectivity index (χ0v) is 20.7. The smallest absolute Gasteiger partial charge is 0.308 e. The summed E-state index contributed by atoms with van der Waals surface area (Å²) in [6.45, 7) is 12.1. The van der Waals surface area contributed by atoms with Crippen LogP contribution in [0.2, 0.25) is 0 Å². The molecule has 0 spiro atoms. The van der Waals surface area contributed by atoms with E-state index in [1.807, 2.05) is 40.7 Å². The third kappa shape index (κ3) is 8.66. The second-order valence-corrected chi connectivity index (χ2v) is 9.29. The Hall–Kier alpha value is -1.73. The molecule has 0 aliphatic heterocycles. The third-order valence-electron chi connectivity index (χ3n) is 5.96. The van der Waals surface area contributed by atoms with E-state index < -0.39 is 24.5 Å². The van der Waals surface area contributed by atoms with Gasteiger partial charge in [-0.3, -0.25) is 4.79 Å². The van der Waals surface area contributed by atoms with Gasteiger partial charge < -0.3 is 24.8 Å². The predicted octanol–water partition coefficient (Wildman–Crippen LogP) is 4.60. The van der Waals surface area contributed by atoms with Crippen LogP contribution in [-0.2, 0) is 14.3 Å². The van der Waals surface area contributed by atoms with Crippen molar-refractivity contribution in [2.24, 2.45) is 5.41 Å². The molecule has 1 aromatic carbocycles. The normalized spacial score (nSPS) is 16.1. The van der Waals surface area contributed by atoms with Gasteiger partial charge in [0.1, 0.15) is 0 Å². The van der Waals surface area contributed by atoms with Gasteiger partial charge in [-0.15, -0.1) is 0 Å². The van der Waals surface area contributed by atoms with Crippen LogP contribution in [0.15, 0.2) is 18.2 Å². The largest absolute Gasteiger partial charge is 0.469 e. The second-order valence-electron chi connectivity index (χ2n) is 9.29. The number of benzene rings is 1. The highest BCUT2D eigenvalue weighted by Crippen LogP contribution is 2.35. The first-order valence-corrected chi connectivity index (χ1v) is 11.5. The van der Waals surface area contributed by atoms with Crippen molar-refractivity contribution in [3.8, 4) is 0 Å². The minimum absolute atomic E-state index is 0.0319. The molecule has 0 aromatic heterocycles. The number of ether oxygens (including phenoxy) is 2. The first-order valence-electron chi connectivity index (χ1n) is 11.5. The Kier molecular flexibility index (Phi) is 11.6. The quantitative estimate of drug-likeness (QED) is 0.300. The summed E-state index contributed by atoms with van der Waals surface area (Å²) < 4.78 is 10.7. The number of carbonyl (C=O) groups excluding carboxylic acids is 1. The fourth-order valence-electron chi connectivity index (χ4n) is 3.50. The monoisotopic (exact) mass is 450 g/mol. The fourth-order valence-corrected chi connectivity index (χ4v) is 3.50. The van der Waals surface area contributed by atoms with Crippen molar-refractivity contribution in [1.29, 1.82) is 0 Å². The van der Waals surface area contributed by atoms with Crippen LogP contribution in [0.25, 0.3) is 6.08 Å². The van der Waals surface area contributed by atoms with Gasteiger partial charge in [-0.2, -0.15) is 0 Å². The number of aliphatic hydroxyl groups is 3. The van der Waals surface area contributed by atoms with Crippen molar-refractivity contribution in [2.75, 3.05) is 7.11 Å². The molecule has 0 aliphatic rings. The van der Waals surface area contributed by atoms with E-state index >= 15 is 0 Å². The Bertz CT molecular complexity index is 755. The molecule has 1 aromatic rings. The number of aliphatic hydroxyl groups excluding tert-OH is 3. The van der Waals surface area contributed by atoms with E-state index in [4.69, 9.17) is 4.74 Å². The van der Waals surface area contributed by atoms with Crippen LogP contribution in [0.1, 0.15) is 88.2 Å². The molecular formula is C26H42O6. The molecule has 0 aliphatic carbocycles. The first-order chi connectivity index (χ1) is 14.9. The van der Waals surface area contributed by atoms with E-state index in [2.05, 4.69) is 23.8 Å². The summed E-state index contributed by atoms with van der Waals surface area (Å²) in [6, 6.07) is 4.13. The summed E-state index contributed by atoms with van der Waals surface area (Å²) in [7, 11) is 1.26. The maximum Gasteiger partial charge on any atom is 0.308 e. The number of hydrogen-bond acceptors (Lipinski definition) is 6. The van der Waals surface area contributed by atoms with E-state index in [-0.39, 0.29) is 24.4 Å². The van der Waals surface area contributed by atoms with Gasteiger partial charge in [0.05, 0.1) is 31.8 Å². The Balaban J connectivity index is 3.17. The van der Waals surface area contributed by atoms with Crippen LogP contribution < -0.4 is 0 Å². The SMILES string of the molecule is CCCC(OC(O)C(C)(C)CC)c1cc(C)cc(C)c1/C=C/[C@@H](O)C[C@@H](O)CC(=O)OC. The molecule has 0 amide bonds. The lowest BCUT2D eigenvalue weighted by molar-refractivity contribution is -0.196. The van der Waals surface area contributed by atoms with Crippen molar-refractivity contribution in [3.05, 3.63) is 40.5 Å². The molecule has 6 nitrogen and oxygen atoms in total. The number of aryl methyl sites for hydroxylation is 2. The van der Waals surface area contributed by atoms with Gasteiger partial charge in [-0.1, -0.05) is 64.0 Å². The van der Waals surface area contributed by atoms with Crippen LogP contribution in [0.5, 0.6) is 0 Å². The lowest BCUT2D eigenvalue weighted by Crippen LogP contribution is -2.32. The highest BCUT2D eigenvalue weighted by atomic mass is 16.6. The van der Waals surface area contributed by atoms with Gasteiger partial charge in [0, 0.05) is 11.8 Å². The van der Waals surface area contributed by atoms with Crippen molar-refractivity contribution in [1.82, 2.24) is 0 Å². The summed E-state index contributed by atoms with van der Waals surface area (Å²) >= 11 is 0. The number of hydrogen-bond donors (Lipinski definition) is 3. The van der Waals surface area contributed by atoms with Crippen LogP contribution >= 0.6 is 0 Å². The highest BCUT2D eigenvalue weighted by molar-refractivity contribution is 5.69. The van der Waals surface area contributed by atoms with Gasteiger partial charge in [0.15, 0.2) is 6.29 Å². The first kappa shape index (κ1) is 28.3. The summed E-state index contributed by atoms with van der Waals surface area (Å²) in [5.74, 6) is -0.515. The van der Waals surface area contributed by atoms with Crippen LogP contribution in [0.4, 0.5) is 0 Å². The molecule has 32 heavy (non-hydrogen) atoms. The van der Waals surface area contributed by atoms with E-state index in [1.54, 1.807) is 6.08 Å². The number of carbonyl (C=O) groups is 1. The standard InChI is InChI=1S/C26H42O6/c1-8-10-23(32-25(30)26(5,6)9-2)22-14-17(3)13-18(4)21(22)12-11-19(27)15-20(28)16-24(29)31-7/h11-14,19-20,23,25,27-28,30H,8-10,15-16H2,1-7H3/b12-11+/t19-,20-,23?,25?/m1/s1. The molecule has 0 saturated heterocycles. The van der Waals surface area contributed by atoms with Crippen molar-refractivity contribution in [2.45, 2.75) is 98.2 Å². The van der Waals surface area contributed by atoms with Crippen molar-refractivity contribution in [3.63, 3.8) is 0 Å². The lowest BCUT2D eigenvalue weighted by Gasteiger charge is -2.33. The highest BCUT2D eigenvalue weighted by Gasteiger charge is 2.30. The van der Waals surface area contributed by atoms with Gasteiger partial charge in [-0.25, -0.2) is 0 Å². The van der Waals surface area contributed by atoms with Crippen LogP contribution in [0.3, 0.4) is 0 Å². The molecule has 1 rings (SSSR count). The summed E-state index contributed by atoms with van der Waals surface area (Å²) in [5, 5.41) is 31.1. The average Bonchev–Trinajstić information content (AvgIpc) is 2.71. The minimum Gasteiger partial charge on any atom is -0.469 e. The molecule has 4 atom stereocenters. The predicted molar refractivity (Wildman–Crippen MR) is 127 cm³/mol. The Morgan fingerprint density at radius 3 is 2.38 bits per heavy atom. The van der Waals surface area contributed by atoms with E-state index in [9.17, 15) is 20.1 Å². The van der Waals surface area contributed by atoms with E-state index in [0.717, 1.165) is 41.5 Å². The molecule has 6 heteroatoms. The molecule has 0 radical (unpaired) electrons. The van der Waals surface area contributed by atoms with E-state index in [1.165, 1.54) is 7.11 Å². The fraction of sp³-hybridized carbons (Fsp3) is 0.654. The van der Waals surface area contributed by atoms with Crippen LogP contribution in [0, 0.1) is 19.3 Å². The summed E-state index contributed by atoms with van der Waals surface area (Å²) in [5.41, 5.74) is 3.66. The van der Waals surface area contributed by atoms with Crippen molar-refractivity contribution < 1.29 is 29.6 Å². The Labute approximate surface area is 193 Å². The molecule has 0 bridgehead atoms. The minimum atomic E-state index is -0.983. The summed E-state index contributed by atoms with van der Waals surface area (Å²) in [4.78, 5) is 11.3. The van der Waals surface area contributed by atoms with Gasteiger partial charge >= 0.3 is 5.97 Å². The molecule has 0 heterocycles. The zero-order valence-electron chi connectivity index (χ0n) is 20.7. The molecular weight excluding hydrogens is 408 g/mol. The number of rotatable bonds is 13. The van der Waals surface area contributed by atoms with Gasteiger partial charge in [-0.05, 0) is 43.4 Å². The Morgan fingerprint density at radius 1 is 1.16 bits per heavy atom. The van der Waals surface area contributed by atoms with E-state index in [0.29, 0.717) is 0 Å². The number of esters is 1. The molecule has 0 fully saturated rings. The van der Waals surface area contributed by atoms with Gasteiger partial charge in [0.25, 0.3) is 0 Å². The lowest BCUT2D eigenvalue weighted by atomic mass is 9.88. The van der Waals surface area contributed by atoms with Crippen LogP contribution in [-0.4, -0.2) is 46.9 Å². The second kappa shape index (κ2) is 13.1. The third-order valence-corrected chi connectivity index (χ3v) is 5.96. The molecule has 2 unspecified atom stereocenters. The average molecular weight is 451 g/mol. The topological polar surface area (TPSA) is 96.2 Å². The molecule has 182 valence electrons. The maximum absolute atomic E-state index is 11.3. The molecule has 0 saturated carbocycles. The maximum atomic E-state index is 11.3. The molecule has 3 N–H and O–H groups in total. The zero-order chi connectivity index (χ0) is 24.5. The van der Waals surface area contributed by atoms with Crippen molar-refractivity contribution >= 4 is 12.0 Å². The van der Waals surface area contributed by atoms with Gasteiger partial charge in [0.2, 0.25) is 0 Å². The summed E-state index contributed by atoms with van der Waals surface area (Å²) in [6.07, 6.45) is 2.66. The Morgan fingerprint density at radius 2 is 1.81 bits per heavy atom.